The number of imidazole rings is 1. The third-order valence-electron chi connectivity index (χ3n) is 4.49. The predicted molar refractivity (Wildman–Crippen MR) is 101 cm³/mol. The number of hydrogen-bond acceptors (Lipinski definition) is 2. The van der Waals surface area contributed by atoms with Gasteiger partial charge in [-0.05, 0) is 30.0 Å². The molecule has 1 unspecified atom stereocenters. The fraction of sp³-hybridized carbons (Fsp3) is 0.286. The zero-order valence-electron chi connectivity index (χ0n) is 14.6. The molecule has 0 saturated heterocycles. The number of benzene rings is 2. The average Bonchev–Trinajstić information content (AvgIpc) is 3.11. The van der Waals surface area contributed by atoms with Crippen LogP contribution in [-0.4, -0.2) is 16.0 Å². The highest BCUT2D eigenvalue weighted by atomic mass is 14.9. The first kappa shape index (κ1) is 16.5. The SMILES string of the molecule is CC(C)C(C)NCc1cccc(-c2cnc(-c3ccccc3)[nH]2)c1. The van der Waals surface area contributed by atoms with Crippen molar-refractivity contribution in [3.05, 3.63) is 66.4 Å². The van der Waals surface area contributed by atoms with Gasteiger partial charge in [0, 0.05) is 18.2 Å². The van der Waals surface area contributed by atoms with Gasteiger partial charge in [-0.2, -0.15) is 0 Å². The van der Waals surface area contributed by atoms with Gasteiger partial charge in [-0.25, -0.2) is 4.98 Å². The van der Waals surface area contributed by atoms with E-state index >= 15 is 0 Å². The quantitative estimate of drug-likeness (QED) is 0.680. The number of nitrogens with one attached hydrogen (secondary N) is 2. The summed E-state index contributed by atoms with van der Waals surface area (Å²) < 4.78 is 0. The van der Waals surface area contributed by atoms with Crippen molar-refractivity contribution in [2.75, 3.05) is 0 Å². The van der Waals surface area contributed by atoms with E-state index in [0.29, 0.717) is 12.0 Å². The number of hydrogen-bond donors (Lipinski definition) is 2. The normalized spacial score (nSPS) is 12.5. The van der Waals surface area contributed by atoms with Crippen molar-refractivity contribution >= 4 is 0 Å². The number of aromatic amines is 1. The van der Waals surface area contributed by atoms with Crippen LogP contribution >= 0.6 is 0 Å². The Morgan fingerprint density at radius 3 is 2.46 bits per heavy atom. The first-order valence-corrected chi connectivity index (χ1v) is 8.56. The van der Waals surface area contributed by atoms with Crippen molar-refractivity contribution in [1.29, 1.82) is 0 Å². The Kier molecular flexibility index (Phi) is 5.11. The summed E-state index contributed by atoms with van der Waals surface area (Å²) in [5.74, 6) is 1.54. The minimum Gasteiger partial charge on any atom is -0.338 e. The Hall–Kier alpha value is -2.39. The molecule has 0 fully saturated rings. The van der Waals surface area contributed by atoms with Crippen LogP contribution in [0.3, 0.4) is 0 Å². The van der Waals surface area contributed by atoms with Crippen LogP contribution in [0, 0.1) is 5.92 Å². The molecule has 0 radical (unpaired) electrons. The molecule has 2 N–H and O–H groups in total. The molecule has 1 heterocycles. The smallest absolute Gasteiger partial charge is 0.137 e. The van der Waals surface area contributed by atoms with Crippen LogP contribution in [0.2, 0.25) is 0 Å². The van der Waals surface area contributed by atoms with Crippen LogP contribution in [-0.2, 0) is 6.54 Å². The lowest BCUT2D eigenvalue weighted by molar-refractivity contribution is 0.426. The summed E-state index contributed by atoms with van der Waals surface area (Å²) in [4.78, 5) is 7.94. The van der Waals surface area contributed by atoms with E-state index < -0.39 is 0 Å². The first-order valence-electron chi connectivity index (χ1n) is 8.56. The first-order chi connectivity index (χ1) is 11.6. The molecule has 24 heavy (non-hydrogen) atoms. The molecular formula is C21H25N3. The lowest BCUT2D eigenvalue weighted by atomic mass is 10.1. The van der Waals surface area contributed by atoms with E-state index in [2.05, 4.69) is 72.5 Å². The van der Waals surface area contributed by atoms with Crippen molar-refractivity contribution in [2.45, 2.75) is 33.4 Å². The summed E-state index contributed by atoms with van der Waals surface area (Å²) in [5.41, 5.74) is 4.61. The van der Waals surface area contributed by atoms with E-state index in [1.54, 1.807) is 0 Å². The van der Waals surface area contributed by atoms with Gasteiger partial charge >= 0.3 is 0 Å². The number of aromatic nitrogens is 2. The fourth-order valence-electron chi connectivity index (χ4n) is 2.57. The maximum atomic E-state index is 4.52. The summed E-state index contributed by atoms with van der Waals surface area (Å²) in [6, 6.07) is 19.3. The molecule has 0 amide bonds. The fourth-order valence-corrected chi connectivity index (χ4v) is 2.57. The van der Waals surface area contributed by atoms with Gasteiger partial charge in [0.1, 0.15) is 5.82 Å². The monoisotopic (exact) mass is 319 g/mol. The topological polar surface area (TPSA) is 40.7 Å². The molecule has 0 spiro atoms. The Labute approximate surface area is 144 Å². The highest BCUT2D eigenvalue weighted by Gasteiger charge is 2.08. The minimum atomic E-state index is 0.505. The Balaban J connectivity index is 1.76. The second kappa shape index (κ2) is 7.45. The van der Waals surface area contributed by atoms with Crippen molar-refractivity contribution < 1.29 is 0 Å². The molecule has 0 saturated carbocycles. The maximum Gasteiger partial charge on any atom is 0.137 e. The summed E-state index contributed by atoms with van der Waals surface area (Å²) in [5, 5.41) is 3.58. The van der Waals surface area contributed by atoms with Gasteiger partial charge in [0.2, 0.25) is 0 Å². The third-order valence-corrected chi connectivity index (χ3v) is 4.49. The molecule has 0 aliphatic carbocycles. The molecule has 1 atom stereocenters. The van der Waals surface area contributed by atoms with Crippen LogP contribution in [0.15, 0.2) is 60.8 Å². The van der Waals surface area contributed by atoms with Crippen molar-refractivity contribution in [3.8, 4) is 22.6 Å². The van der Waals surface area contributed by atoms with Crippen LogP contribution in [0.4, 0.5) is 0 Å². The van der Waals surface area contributed by atoms with Gasteiger partial charge in [0.15, 0.2) is 0 Å². The lowest BCUT2D eigenvalue weighted by Crippen LogP contribution is -2.30. The molecular weight excluding hydrogens is 294 g/mol. The zero-order chi connectivity index (χ0) is 16.9. The Morgan fingerprint density at radius 2 is 1.71 bits per heavy atom. The van der Waals surface area contributed by atoms with Crippen LogP contribution in [0.25, 0.3) is 22.6 Å². The Morgan fingerprint density at radius 1 is 0.958 bits per heavy atom. The van der Waals surface area contributed by atoms with E-state index in [1.165, 1.54) is 11.1 Å². The molecule has 124 valence electrons. The summed E-state index contributed by atoms with van der Waals surface area (Å²) in [6.45, 7) is 7.59. The Bertz CT molecular complexity index is 775. The maximum absolute atomic E-state index is 4.52. The molecule has 3 nitrogen and oxygen atoms in total. The predicted octanol–water partition coefficient (Wildman–Crippen LogP) is 4.88. The second-order valence-electron chi connectivity index (χ2n) is 6.63. The summed E-state index contributed by atoms with van der Waals surface area (Å²) >= 11 is 0. The van der Waals surface area contributed by atoms with E-state index in [1.807, 2.05) is 24.4 Å². The molecule has 2 aromatic carbocycles. The van der Waals surface area contributed by atoms with Crippen molar-refractivity contribution in [3.63, 3.8) is 0 Å². The van der Waals surface area contributed by atoms with E-state index in [9.17, 15) is 0 Å². The van der Waals surface area contributed by atoms with Crippen LogP contribution < -0.4 is 5.32 Å². The number of rotatable bonds is 6. The standard InChI is InChI=1S/C21H25N3/c1-15(2)16(3)22-13-17-8-7-11-19(12-17)20-14-23-21(24-20)18-9-5-4-6-10-18/h4-12,14-16,22H,13H2,1-3H3,(H,23,24). The molecule has 1 aromatic heterocycles. The highest BCUT2D eigenvalue weighted by molar-refractivity contribution is 5.64. The zero-order valence-corrected chi connectivity index (χ0v) is 14.6. The van der Waals surface area contributed by atoms with Gasteiger partial charge in [-0.3, -0.25) is 0 Å². The molecule has 0 bridgehead atoms. The van der Waals surface area contributed by atoms with Gasteiger partial charge in [0.05, 0.1) is 11.9 Å². The second-order valence-corrected chi connectivity index (χ2v) is 6.63. The van der Waals surface area contributed by atoms with Gasteiger partial charge in [-0.15, -0.1) is 0 Å². The van der Waals surface area contributed by atoms with Crippen LogP contribution in [0.1, 0.15) is 26.3 Å². The van der Waals surface area contributed by atoms with Gasteiger partial charge in [0.25, 0.3) is 0 Å². The molecule has 3 rings (SSSR count). The summed E-state index contributed by atoms with van der Waals surface area (Å²) in [7, 11) is 0. The van der Waals surface area contributed by atoms with Crippen molar-refractivity contribution in [2.24, 2.45) is 5.92 Å². The molecule has 0 aliphatic heterocycles. The van der Waals surface area contributed by atoms with E-state index in [4.69, 9.17) is 0 Å². The average molecular weight is 319 g/mol. The van der Waals surface area contributed by atoms with Crippen molar-refractivity contribution in [1.82, 2.24) is 15.3 Å². The number of H-pyrrole nitrogens is 1. The van der Waals surface area contributed by atoms with E-state index in [0.717, 1.165) is 23.6 Å². The highest BCUT2D eigenvalue weighted by Crippen LogP contribution is 2.22. The number of nitrogens with zero attached hydrogens (tertiary/aromatic N) is 1. The summed E-state index contributed by atoms with van der Waals surface area (Å²) in [6.07, 6.45) is 1.91. The molecule has 0 aliphatic rings. The largest absolute Gasteiger partial charge is 0.338 e. The lowest BCUT2D eigenvalue weighted by Gasteiger charge is -2.17. The van der Waals surface area contributed by atoms with Gasteiger partial charge in [-0.1, -0.05) is 62.4 Å². The van der Waals surface area contributed by atoms with Crippen LogP contribution in [0.5, 0.6) is 0 Å². The third kappa shape index (κ3) is 3.92. The van der Waals surface area contributed by atoms with E-state index in [-0.39, 0.29) is 0 Å². The molecule has 3 heteroatoms. The molecule has 3 aromatic rings. The minimum absolute atomic E-state index is 0.505. The van der Waals surface area contributed by atoms with Gasteiger partial charge < -0.3 is 10.3 Å².